The van der Waals surface area contributed by atoms with Gasteiger partial charge in [0.1, 0.15) is 0 Å². The SMILES string of the molecule is C/C(=C\S(C)(C)I)CCC(C)(C)S(I)(I)c1ccccc1. The predicted molar refractivity (Wildman–Crippen MR) is 131 cm³/mol. The summed E-state index contributed by atoms with van der Waals surface area (Å²) in [5.41, 5.74) is 1.55. The molecule has 122 valence electrons. The van der Waals surface area contributed by atoms with E-state index in [-0.39, 0.29) is 0 Å². The molecule has 0 radical (unpaired) electrons. The Morgan fingerprint density at radius 3 is 2.10 bits per heavy atom. The van der Waals surface area contributed by atoms with Gasteiger partial charge in [-0.1, -0.05) is 37.6 Å². The van der Waals surface area contributed by atoms with E-state index in [1.54, 1.807) is 5.57 Å². The summed E-state index contributed by atoms with van der Waals surface area (Å²) in [6.07, 6.45) is 7.15. The lowest BCUT2D eigenvalue weighted by Gasteiger charge is -2.43. The molecule has 1 rings (SSSR count). The average Bonchev–Trinajstić information content (AvgIpc) is 2.35. The van der Waals surface area contributed by atoms with Crippen molar-refractivity contribution in [3.8, 4) is 0 Å². The van der Waals surface area contributed by atoms with Crippen LogP contribution in [-0.2, 0) is 0 Å². The van der Waals surface area contributed by atoms with Crippen LogP contribution in [0.3, 0.4) is 0 Å². The lowest BCUT2D eigenvalue weighted by atomic mass is 10.0. The molecule has 0 nitrogen and oxygen atoms in total. The van der Waals surface area contributed by atoms with Crippen LogP contribution in [0.25, 0.3) is 0 Å². The molecule has 0 saturated heterocycles. The van der Waals surface area contributed by atoms with Crippen LogP contribution < -0.4 is 0 Å². The smallest absolute Gasteiger partial charge is 0.0157 e. The molecule has 0 aliphatic carbocycles. The predicted octanol–water partition coefficient (Wildman–Crippen LogP) is 8.43. The van der Waals surface area contributed by atoms with E-state index in [1.807, 2.05) is 0 Å². The summed E-state index contributed by atoms with van der Waals surface area (Å²) in [5, 5.41) is 2.49. The topological polar surface area (TPSA) is 0 Å². The van der Waals surface area contributed by atoms with E-state index in [0.29, 0.717) is 4.75 Å². The highest BCUT2D eigenvalue weighted by Crippen LogP contribution is 2.78. The Bertz CT molecular complexity index is 488. The van der Waals surface area contributed by atoms with Crippen LogP contribution in [0.5, 0.6) is 0 Å². The van der Waals surface area contributed by atoms with Crippen molar-refractivity contribution in [3.63, 3.8) is 0 Å². The second-order valence-corrected chi connectivity index (χ2v) is 31.4. The monoisotopic (exact) mass is 662 g/mol. The number of benzene rings is 1. The lowest BCUT2D eigenvalue weighted by Crippen LogP contribution is -2.22. The molecule has 0 bridgehead atoms. The van der Waals surface area contributed by atoms with Crippen LogP contribution in [0.1, 0.15) is 33.6 Å². The Morgan fingerprint density at radius 2 is 1.62 bits per heavy atom. The first-order valence-corrected chi connectivity index (χ1v) is 18.6. The van der Waals surface area contributed by atoms with Crippen molar-refractivity contribution in [1.82, 2.24) is 0 Å². The van der Waals surface area contributed by atoms with Gasteiger partial charge in [0.25, 0.3) is 0 Å². The minimum Gasteiger partial charge on any atom is -0.173 e. The van der Waals surface area contributed by atoms with Gasteiger partial charge in [0.2, 0.25) is 0 Å². The first-order chi connectivity index (χ1) is 9.46. The molecule has 0 N–H and O–H groups in total. The molecule has 21 heavy (non-hydrogen) atoms. The Labute approximate surface area is 170 Å². The van der Waals surface area contributed by atoms with Crippen molar-refractivity contribution >= 4 is 75.2 Å². The zero-order valence-electron chi connectivity index (χ0n) is 13.3. The van der Waals surface area contributed by atoms with Crippen molar-refractivity contribution in [1.29, 1.82) is 0 Å². The van der Waals surface area contributed by atoms with Gasteiger partial charge in [-0.05, 0) is 113 Å². The fraction of sp³-hybridized carbons (Fsp3) is 0.500. The third kappa shape index (κ3) is 6.70. The van der Waals surface area contributed by atoms with Gasteiger partial charge in [0.15, 0.2) is 0 Å². The summed E-state index contributed by atoms with van der Waals surface area (Å²) in [5.74, 6) is 0. The zero-order chi connectivity index (χ0) is 16.3. The molecule has 0 aliphatic heterocycles. The number of rotatable bonds is 6. The van der Waals surface area contributed by atoms with E-state index in [0.717, 1.165) is 0 Å². The number of halogens is 3. The summed E-state index contributed by atoms with van der Waals surface area (Å²) in [7, 11) is -0.568. The van der Waals surface area contributed by atoms with E-state index in [4.69, 9.17) is 0 Å². The summed E-state index contributed by atoms with van der Waals surface area (Å²) < 4.78 is -0.531. The Balaban J connectivity index is 2.84. The number of hydrogen-bond donors (Lipinski definition) is 0. The Kier molecular flexibility index (Phi) is 8.25. The van der Waals surface area contributed by atoms with Gasteiger partial charge in [0.05, 0.1) is 0 Å². The molecule has 0 heterocycles. The van der Waals surface area contributed by atoms with Gasteiger partial charge in [-0.25, -0.2) is 0 Å². The lowest BCUT2D eigenvalue weighted by molar-refractivity contribution is 0.635. The number of allylic oxidation sites excluding steroid dienone is 1. The summed E-state index contributed by atoms with van der Waals surface area (Å²) in [6, 6.07) is 11.0. The molecule has 0 fully saturated rings. The molecule has 0 unspecified atom stereocenters. The summed E-state index contributed by atoms with van der Waals surface area (Å²) in [4.78, 5) is 1.50. The van der Waals surface area contributed by atoms with E-state index in [9.17, 15) is 0 Å². The number of hydrogen-bond acceptors (Lipinski definition) is 0. The zero-order valence-corrected chi connectivity index (χ0v) is 21.4. The van der Waals surface area contributed by atoms with Crippen molar-refractivity contribution < 1.29 is 0 Å². The molecular formula is C16H25I3S2. The third-order valence-corrected chi connectivity index (χ3v) is 17.7. The molecule has 0 saturated carbocycles. The minimum absolute atomic E-state index is 0.329. The van der Waals surface area contributed by atoms with E-state index >= 15 is 0 Å². The fourth-order valence-corrected chi connectivity index (χ4v) is 9.03. The molecule has 0 aliphatic rings. The summed E-state index contributed by atoms with van der Waals surface area (Å²) >= 11 is 8.01. The van der Waals surface area contributed by atoms with E-state index < -0.39 is 11.6 Å². The van der Waals surface area contributed by atoms with Crippen molar-refractivity contribution in [3.05, 3.63) is 41.3 Å². The maximum atomic E-state index is 2.71. The largest absolute Gasteiger partial charge is 0.173 e. The maximum Gasteiger partial charge on any atom is 0.0157 e. The van der Waals surface area contributed by atoms with Gasteiger partial charge in [0, 0.05) is 9.64 Å². The molecular weight excluding hydrogens is 637 g/mol. The molecule has 0 amide bonds. The van der Waals surface area contributed by atoms with Crippen LogP contribution in [0.15, 0.2) is 46.2 Å². The van der Waals surface area contributed by atoms with Gasteiger partial charge in [-0.15, -0.1) is 4.37 Å². The first-order valence-electron chi connectivity index (χ1n) is 6.83. The van der Waals surface area contributed by atoms with Gasteiger partial charge < -0.3 is 0 Å². The summed E-state index contributed by atoms with van der Waals surface area (Å²) in [6.45, 7) is 7.16. The van der Waals surface area contributed by atoms with Crippen LogP contribution in [0, 0.1) is 0 Å². The molecule has 5 heteroatoms. The molecule has 1 aromatic carbocycles. The highest BCUT2D eigenvalue weighted by Gasteiger charge is 2.37. The van der Waals surface area contributed by atoms with E-state index in [1.165, 1.54) is 17.7 Å². The molecule has 1 aromatic rings. The van der Waals surface area contributed by atoms with Crippen molar-refractivity contribution in [2.75, 3.05) is 12.5 Å². The molecule has 0 spiro atoms. The van der Waals surface area contributed by atoms with Crippen LogP contribution >= 0.6 is 75.2 Å². The fourth-order valence-electron chi connectivity index (χ4n) is 2.07. The highest BCUT2D eigenvalue weighted by molar-refractivity contribution is 14.3. The quantitative estimate of drug-likeness (QED) is 0.269. The minimum atomic E-state index is -0.860. The van der Waals surface area contributed by atoms with Crippen molar-refractivity contribution in [2.45, 2.75) is 43.3 Å². The second kappa shape index (κ2) is 8.29. The van der Waals surface area contributed by atoms with Gasteiger partial charge in [-0.3, -0.25) is 0 Å². The third-order valence-electron chi connectivity index (χ3n) is 3.34. The van der Waals surface area contributed by atoms with Gasteiger partial charge >= 0.3 is 0 Å². The van der Waals surface area contributed by atoms with E-state index in [2.05, 4.69) is 133 Å². The molecule has 0 atom stereocenters. The standard InChI is InChI=1S/C16H25I3S2/c1-14(13-20(4,5)17)11-12-16(2,3)21(18,19)15-9-7-6-8-10-15/h6-10,13H,11-12H2,1-5H3/b14-13+. The second-order valence-electron chi connectivity index (χ2n) is 6.28. The van der Waals surface area contributed by atoms with Crippen molar-refractivity contribution in [2.24, 2.45) is 0 Å². The average molecular weight is 662 g/mol. The Morgan fingerprint density at radius 1 is 1.10 bits per heavy atom. The first kappa shape index (κ1) is 20.9. The van der Waals surface area contributed by atoms with Crippen LogP contribution in [0.2, 0.25) is 0 Å². The maximum absolute atomic E-state index is 2.71. The normalized spacial score (nSPS) is 15.9. The molecule has 0 aromatic heterocycles. The Hall–Kier alpha value is 1.85. The highest BCUT2D eigenvalue weighted by atomic mass is 127. The van der Waals surface area contributed by atoms with Crippen LogP contribution in [0.4, 0.5) is 0 Å². The van der Waals surface area contributed by atoms with Crippen LogP contribution in [-0.4, -0.2) is 17.3 Å². The van der Waals surface area contributed by atoms with Gasteiger partial charge in [-0.2, -0.15) is 7.20 Å².